The van der Waals surface area contributed by atoms with E-state index in [0.29, 0.717) is 17.5 Å². The van der Waals surface area contributed by atoms with Crippen LogP contribution in [0.5, 0.6) is 5.75 Å². The van der Waals surface area contributed by atoms with Crippen LogP contribution in [0.4, 0.5) is 0 Å². The zero-order valence-electron chi connectivity index (χ0n) is 16.0. The molecule has 27 heavy (non-hydrogen) atoms. The van der Waals surface area contributed by atoms with Gasteiger partial charge in [0.25, 0.3) is 5.91 Å². The van der Waals surface area contributed by atoms with E-state index in [1.54, 1.807) is 14.0 Å². The Labute approximate surface area is 158 Å². The molecule has 0 fully saturated rings. The smallest absolute Gasteiger partial charge is 0.263 e. The van der Waals surface area contributed by atoms with Crippen LogP contribution in [-0.2, 0) is 11.3 Å². The first kappa shape index (κ1) is 18.6. The largest absolute Gasteiger partial charge is 0.481 e. The van der Waals surface area contributed by atoms with Crippen LogP contribution in [0, 0.1) is 13.8 Å². The molecule has 1 aromatic heterocycles. The Kier molecular flexibility index (Phi) is 5.54. The molecular weight excluding hydrogens is 342 g/mol. The maximum Gasteiger partial charge on any atom is 0.263 e. The summed E-state index contributed by atoms with van der Waals surface area (Å²) < 4.78 is 11.1. The van der Waals surface area contributed by atoms with Crippen molar-refractivity contribution in [2.75, 3.05) is 7.05 Å². The molecule has 0 saturated heterocycles. The average molecular weight is 365 g/mol. The van der Waals surface area contributed by atoms with E-state index < -0.39 is 6.10 Å². The molecule has 1 atom stereocenters. The molecule has 0 aliphatic carbocycles. The second-order valence-electron chi connectivity index (χ2n) is 6.60. The number of nitrogens with zero attached hydrogens (tertiary/aromatic N) is 3. The van der Waals surface area contributed by atoms with Crippen LogP contribution >= 0.6 is 0 Å². The lowest BCUT2D eigenvalue weighted by molar-refractivity contribution is -0.137. The zero-order chi connectivity index (χ0) is 19.4. The fourth-order valence-electron chi connectivity index (χ4n) is 2.69. The highest BCUT2D eigenvalue weighted by Gasteiger charge is 2.22. The molecule has 6 heteroatoms. The fourth-order valence-corrected chi connectivity index (χ4v) is 2.69. The van der Waals surface area contributed by atoms with Gasteiger partial charge >= 0.3 is 0 Å². The molecule has 0 radical (unpaired) electrons. The first-order valence-electron chi connectivity index (χ1n) is 8.81. The lowest BCUT2D eigenvalue weighted by atomic mass is 10.1. The first-order chi connectivity index (χ1) is 12.9. The van der Waals surface area contributed by atoms with Crippen molar-refractivity contribution < 1.29 is 14.1 Å². The normalized spacial score (nSPS) is 11.9. The van der Waals surface area contributed by atoms with Gasteiger partial charge in [-0.3, -0.25) is 4.79 Å². The number of ether oxygens (including phenoxy) is 1. The summed E-state index contributed by atoms with van der Waals surface area (Å²) in [6.45, 7) is 5.91. The Balaban J connectivity index is 1.63. The highest BCUT2D eigenvalue weighted by molar-refractivity contribution is 5.80. The number of carbonyl (C=O) groups excluding carboxylic acids is 1. The number of likely N-dealkylation sites (N-methyl/N-ethyl adjacent to an activating group) is 1. The molecule has 0 aliphatic rings. The SMILES string of the molecule is Cc1ccc(C)c(O[C@H](C)C(=O)N(C)Cc2nc(-c3ccccc3)no2)c1. The molecule has 1 amide bonds. The number of rotatable bonds is 6. The third-order valence-electron chi connectivity index (χ3n) is 4.24. The Morgan fingerprint density at radius 3 is 2.67 bits per heavy atom. The number of hydrogen-bond acceptors (Lipinski definition) is 5. The van der Waals surface area contributed by atoms with Gasteiger partial charge in [0, 0.05) is 12.6 Å². The molecule has 0 bridgehead atoms. The molecule has 0 aliphatic heterocycles. The van der Waals surface area contributed by atoms with Crippen LogP contribution in [0.1, 0.15) is 23.9 Å². The molecule has 0 saturated carbocycles. The topological polar surface area (TPSA) is 68.5 Å². The van der Waals surface area contributed by atoms with Gasteiger partial charge in [-0.05, 0) is 38.0 Å². The minimum atomic E-state index is -0.619. The molecule has 0 spiro atoms. The number of amides is 1. The van der Waals surface area contributed by atoms with Crippen molar-refractivity contribution in [1.82, 2.24) is 15.0 Å². The number of benzene rings is 2. The molecule has 3 aromatic rings. The third kappa shape index (κ3) is 4.53. The van der Waals surface area contributed by atoms with E-state index in [0.717, 1.165) is 16.7 Å². The van der Waals surface area contributed by atoms with Gasteiger partial charge in [-0.1, -0.05) is 47.6 Å². The van der Waals surface area contributed by atoms with E-state index in [1.807, 2.05) is 62.4 Å². The Bertz CT molecular complexity index is 921. The standard InChI is InChI=1S/C21H23N3O3/c1-14-10-11-15(2)18(12-14)26-16(3)21(25)24(4)13-19-22-20(23-27-19)17-8-6-5-7-9-17/h5-12,16H,13H2,1-4H3/t16-/m1/s1. The van der Waals surface area contributed by atoms with Gasteiger partial charge < -0.3 is 14.2 Å². The summed E-state index contributed by atoms with van der Waals surface area (Å²) in [5.74, 6) is 1.44. The van der Waals surface area contributed by atoms with Crippen molar-refractivity contribution in [2.24, 2.45) is 0 Å². The van der Waals surface area contributed by atoms with E-state index in [2.05, 4.69) is 10.1 Å². The zero-order valence-corrected chi connectivity index (χ0v) is 16.0. The van der Waals surface area contributed by atoms with Gasteiger partial charge in [-0.25, -0.2) is 0 Å². The van der Waals surface area contributed by atoms with Crippen LogP contribution < -0.4 is 4.74 Å². The van der Waals surface area contributed by atoms with Crippen molar-refractivity contribution >= 4 is 5.91 Å². The predicted octanol–water partition coefficient (Wildman–Crippen LogP) is 3.78. The summed E-state index contributed by atoms with van der Waals surface area (Å²) in [5.41, 5.74) is 2.95. The summed E-state index contributed by atoms with van der Waals surface area (Å²) in [6, 6.07) is 15.5. The summed E-state index contributed by atoms with van der Waals surface area (Å²) in [6.07, 6.45) is -0.619. The highest BCUT2D eigenvalue weighted by Crippen LogP contribution is 2.21. The number of carbonyl (C=O) groups is 1. The van der Waals surface area contributed by atoms with Crippen LogP contribution in [0.25, 0.3) is 11.4 Å². The van der Waals surface area contributed by atoms with E-state index in [1.165, 1.54) is 4.90 Å². The molecule has 0 N–H and O–H groups in total. The third-order valence-corrected chi connectivity index (χ3v) is 4.24. The van der Waals surface area contributed by atoms with Crippen molar-refractivity contribution in [3.8, 4) is 17.1 Å². The van der Waals surface area contributed by atoms with Gasteiger partial charge in [0.05, 0.1) is 6.54 Å². The Morgan fingerprint density at radius 2 is 1.93 bits per heavy atom. The Hall–Kier alpha value is -3.15. The quantitative estimate of drug-likeness (QED) is 0.665. The molecule has 1 heterocycles. The minimum Gasteiger partial charge on any atom is -0.481 e. The summed E-state index contributed by atoms with van der Waals surface area (Å²) >= 11 is 0. The maximum absolute atomic E-state index is 12.6. The molecule has 6 nitrogen and oxygen atoms in total. The number of hydrogen-bond donors (Lipinski definition) is 0. The Morgan fingerprint density at radius 1 is 1.19 bits per heavy atom. The van der Waals surface area contributed by atoms with E-state index >= 15 is 0 Å². The second kappa shape index (κ2) is 8.03. The van der Waals surface area contributed by atoms with Crippen molar-refractivity contribution in [3.63, 3.8) is 0 Å². The molecule has 140 valence electrons. The van der Waals surface area contributed by atoms with Gasteiger partial charge in [-0.15, -0.1) is 0 Å². The summed E-state index contributed by atoms with van der Waals surface area (Å²) in [4.78, 5) is 18.5. The van der Waals surface area contributed by atoms with E-state index in [4.69, 9.17) is 9.26 Å². The van der Waals surface area contributed by atoms with Gasteiger partial charge in [0.1, 0.15) is 5.75 Å². The van der Waals surface area contributed by atoms with E-state index in [-0.39, 0.29) is 12.5 Å². The molecular formula is C21H23N3O3. The van der Waals surface area contributed by atoms with Gasteiger partial charge in [0.15, 0.2) is 6.10 Å². The van der Waals surface area contributed by atoms with Gasteiger partial charge in [-0.2, -0.15) is 4.98 Å². The fraction of sp³-hybridized carbons (Fsp3) is 0.286. The van der Waals surface area contributed by atoms with Crippen LogP contribution in [0.3, 0.4) is 0 Å². The van der Waals surface area contributed by atoms with Crippen molar-refractivity contribution in [3.05, 3.63) is 65.5 Å². The first-order valence-corrected chi connectivity index (χ1v) is 8.81. The lowest BCUT2D eigenvalue weighted by Crippen LogP contribution is -2.37. The highest BCUT2D eigenvalue weighted by atomic mass is 16.5. The molecule has 2 aromatic carbocycles. The maximum atomic E-state index is 12.6. The second-order valence-corrected chi connectivity index (χ2v) is 6.60. The summed E-state index contributed by atoms with van der Waals surface area (Å²) in [7, 11) is 1.69. The van der Waals surface area contributed by atoms with Crippen LogP contribution in [0.15, 0.2) is 53.1 Å². The minimum absolute atomic E-state index is 0.157. The monoisotopic (exact) mass is 365 g/mol. The van der Waals surface area contributed by atoms with Crippen molar-refractivity contribution in [1.29, 1.82) is 0 Å². The molecule has 0 unspecified atom stereocenters. The average Bonchev–Trinajstić information content (AvgIpc) is 3.13. The van der Waals surface area contributed by atoms with Crippen LogP contribution in [0.2, 0.25) is 0 Å². The predicted molar refractivity (Wildman–Crippen MR) is 102 cm³/mol. The molecule has 3 rings (SSSR count). The lowest BCUT2D eigenvalue weighted by Gasteiger charge is -2.21. The number of aryl methyl sites for hydroxylation is 2. The van der Waals surface area contributed by atoms with Gasteiger partial charge in [0.2, 0.25) is 11.7 Å². The van der Waals surface area contributed by atoms with E-state index in [9.17, 15) is 4.79 Å². The van der Waals surface area contributed by atoms with Crippen molar-refractivity contribution in [2.45, 2.75) is 33.4 Å². The number of aromatic nitrogens is 2. The van der Waals surface area contributed by atoms with Crippen LogP contribution in [-0.4, -0.2) is 34.1 Å². The summed E-state index contributed by atoms with van der Waals surface area (Å²) in [5, 5.41) is 3.98.